The molecule has 1 aliphatic rings. The third-order valence-corrected chi connectivity index (χ3v) is 4.87. The Morgan fingerprint density at radius 1 is 1.21 bits per heavy atom. The minimum atomic E-state index is -3.43. The molecule has 0 bridgehead atoms. The average molecular weight is 278 g/mol. The van der Waals surface area contributed by atoms with Crippen LogP contribution in [-0.2, 0) is 10.0 Å². The van der Waals surface area contributed by atoms with Gasteiger partial charge in [0.1, 0.15) is 0 Å². The molecule has 1 heterocycles. The number of rotatable bonds is 2. The molecule has 1 N–H and O–H groups in total. The first-order valence-electron chi connectivity index (χ1n) is 6.34. The summed E-state index contributed by atoms with van der Waals surface area (Å²) in [6, 6.07) is 6.94. The molecule has 0 aromatic heterocycles. The quantitative estimate of drug-likeness (QED) is 0.821. The Morgan fingerprint density at radius 2 is 1.95 bits per heavy atom. The van der Waals surface area contributed by atoms with E-state index in [4.69, 9.17) is 0 Å². The van der Waals surface area contributed by atoms with Crippen molar-refractivity contribution in [3.8, 4) is 11.8 Å². The first-order valence-corrected chi connectivity index (χ1v) is 7.78. The lowest BCUT2D eigenvalue weighted by Crippen LogP contribution is -2.33. The van der Waals surface area contributed by atoms with Crippen LogP contribution in [-0.4, -0.2) is 38.9 Å². The first kappa shape index (κ1) is 14.1. The molecule has 0 aliphatic carbocycles. The zero-order valence-corrected chi connectivity index (χ0v) is 11.8. The van der Waals surface area contributed by atoms with Crippen LogP contribution >= 0.6 is 0 Å². The minimum absolute atomic E-state index is 0.262. The molecule has 0 saturated carbocycles. The summed E-state index contributed by atoms with van der Waals surface area (Å²) < 4.78 is 26.5. The van der Waals surface area contributed by atoms with Gasteiger partial charge in [0.2, 0.25) is 10.0 Å². The van der Waals surface area contributed by atoms with Crippen LogP contribution in [0.25, 0.3) is 0 Å². The van der Waals surface area contributed by atoms with E-state index < -0.39 is 10.0 Å². The predicted octanol–water partition coefficient (Wildman–Crippen LogP) is 0.982. The van der Waals surface area contributed by atoms with Crippen LogP contribution < -0.4 is 5.32 Å². The van der Waals surface area contributed by atoms with Crippen molar-refractivity contribution in [2.24, 2.45) is 0 Å². The lowest BCUT2D eigenvalue weighted by atomic mass is 10.2. The highest BCUT2D eigenvalue weighted by Gasteiger charge is 2.23. The molecule has 5 heteroatoms. The third-order valence-electron chi connectivity index (χ3n) is 3.01. The van der Waals surface area contributed by atoms with Gasteiger partial charge in [-0.3, -0.25) is 0 Å². The normalized spacial score (nSPS) is 17.7. The molecule has 0 atom stereocenters. The van der Waals surface area contributed by atoms with Gasteiger partial charge in [0, 0.05) is 6.54 Å². The lowest BCUT2D eigenvalue weighted by Gasteiger charge is -2.19. The fraction of sp³-hybridized carbons (Fsp3) is 0.429. The average Bonchev–Trinajstić information content (AvgIpc) is 2.52. The van der Waals surface area contributed by atoms with Crippen LogP contribution in [0.5, 0.6) is 0 Å². The maximum Gasteiger partial charge on any atom is 0.243 e. The maximum atomic E-state index is 12.5. The molecule has 4 nitrogen and oxygen atoms in total. The van der Waals surface area contributed by atoms with Crippen molar-refractivity contribution in [2.45, 2.75) is 18.2 Å². The van der Waals surface area contributed by atoms with Gasteiger partial charge in [-0.1, -0.05) is 29.5 Å². The number of nitrogens with one attached hydrogen (secondary N) is 1. The Morgan fingerprint density at radius 3 is 2.68 bits per heavy atom. The molecule has 2 rings (SSSR count). The largest absolute Gasteiger partial charge is 0.306 e. The number of hydrogen-bond acceptors (Lipinski definition) is 3. The van der Waals surface area contributed by atoms with E-state index in [0.29, 0.717) is 18.0 Å². The molecule has 1 aromatic rings. The summed E-state index contributed by atoms with van der Waals surface area (Å²) in [6.45, 7) is 4.11. The standard InChI is InChI=1S/C14H18N2O2S/c1-13-5-7-14(8-6-13)19(17,18)16-11-3-2-9-15-10-4-12-16/h5-8,15H,4,9-12H2,1H3. The van der Waals surface area contributed by atoms with Gasteiger partial charge in [-0.25, -0.2) is 8.42 Å². The van der Waals surface area contributed by atoms with E-state index in [0.717, 1.165) is 18.5 Å². The smallest absolute Gasteiger partial charge is 0.243 e. The number of hydrogen-bond donors (Lipinski definition) is 1. The van der Waals surface area contributed by atoms with E-state index in [9.17, 15) is 8.42 Å². The minimum Gasteiger partial charge on any atom is -0.306 e. The summed E-state index contributed by atoms with van der Waals surface area (Å²) >= 11 is 0. The van der Waals surface area contributed by atoms with Gasteiger partial charge in [0.25, 0.3) is 0 Å². The number of aryl methyl sites for hydroxylation is 1. The van der Waals surface area contributed by atoms with Crippen LogP contribution in [0.4, 0.5) is 0 Å². The Hall–Kier alpha value is -1.35. The van der Waals surface area contributed by atoms with Crippen molar-refractivity contribution >= 4 is 10.0 Å². The van der Waals surface area contributed by atoms with Gasteiger partial charge in [-0.05, 0) is 32.0 Å². The summed E-state index contributed by atoms with van der Waals surface area (Å²) in [7, 11) is -3.43. The Labute approximate surface area is 114 Å². The summed E-state index contributed by atoms with van der Waals surface area (Å²) in [6.07, 6.45) is 0.786. The van der Waals surface area contributed by atoms with Crippen LogP contribution in [0.2, 0.25) is 0 Å². The van der Waals surface area contributed by atoms with Gasteiger partial charge in [0.05, 0.1) is 18.0 Å². The van der Waals surface area contributed by atoms with Crippen molar-refractivity contribution in [1.82, 2.24) is 9.62 Å². The Kier molecular flexibility index (Phi) is 4.59. The van der Waals surface area contributed by atoms with Crippen LogP contribution in [0.3, 0.4) is 0 Å². The van der Waals surface area contributed by atoms with Gasteiger partial charge < -0.3 is 5.32 Å². The van der Waals surface area contributed by atoms with E-state index in [1.54, 1.807) is 12.1 Å². The second-order valence-corrected chi connectivity index (χ2v) is 6.47. The van der Waals surface area contributed by atoms with Gasteiger partial charge in [0.15, 0.2) is 0 Å². The van der Waals surface area contributed by atoms with Gasteiger partial charge >= 0.3 is 0 Å². The molecule has 0 fully saturated rings. The predicted molar refractivity (Wildman–Crippen MR) is 75.2 cm³/mol. The van der Waals surface area contributed by atoms with Crippen molar-refractivity contribution < 1.29 is 8.42 Å². The molecule has 102 valence electrons. The second-order valence-electron chi connectivity index (χ2n) is 4.54. The lowest BCUT2D eigenvalue weighted by molar-refractivity contribution is 0.437. The second kappa shape index (κ2) is 6.20. The van der Waals surface area contributed by atoms with Crippen molar-refractivity contribution in [3.63, 3.8) is 0 Å². The summed E-state index contributed by atoms with van der Waals surface area (Å²) in [5.41, 5.74) is 1.05. The zero-order valence-electron chi connectivity index (χ0n) is 11.0. The molecule has 0 spiro atoms. The van der Waals surface area contributed by atoms with Crippen molar-refractivity contribution in [1.29, 1.82) is 0 Å². The highest BCUT2D eigenvalue weighted by atomic mass is 32.2. The van der Waals surface area contributed by atoms with E-state index >= 15 is 0 Å². The fourth-order valence-corrected chi connectivity index (χ4v) is 3.26. The molecule has 1 aliphatic heterocycles. The maximum absolute atomic E-state index is 12.5. The SMILES string of the molecule is Cc1ccc(S(=O)(=O)N2CC#CCNCCC2)cc1. The van der Waals surface area contributed by atoms with Crippen LogP contribution in [0.1, 0.15) is 12.0 Å². The number of sulfonamides is 1. The van der Waals surface area contributed by atoms with Crippen molar-refractivity contribution in [2.75, 3.05) is 26.2 Å². The monoisotopic (exact) mass is 278 g/mol. The highest BCUT2D eigenvalue weighted by Crippen LogP contribution is 2.16. The molecule has 1 aromatic carbocycles. The molecular weight excluding hydrogens is 260 g/mol. The van der Waals surface area contributed by atoms with E-state index in [2.05, 4.69) is 17.2 Å². The van der Waals surface area contributed by atoms with Crippen LogP contribution in [0, 0.1) is 18.8 Å². The van der Waals surface area contributed by atoms with Gasteiger partial charge in [-0.15, -0.1) is 0 Å². The van der Waals surface area contributed by atoms with E-state index in [-0.39, 0.29) is 6.54 Å². The van der Waals surface area contributed by atoms with E-state index in [1.165, 1.54) is 4.31 Å². The highest BCUT2D eigenvalue weighted by molar-refractivity contribution is 7.89. The number of nitrogens with zero attached hydrogens (tertiary/aromatic N) is 1. The molecule has 0 saturated heterocycles. The molecule has 0 unspecified atom stereocenters. The van der Waals surface area contributed by atoms with Gasteiger partial charge in [-0.2, -0.15) is 4.31 Å². The topological polar surface area (TPSA) is 49.4 Å². The first-order chi connectivity index (χ1) is 9.10. The van der Waals surface area contributed by atoms with E-state index in [1.807, 2.05) is 19.1 Å². The molecule has 0 radical (unpaired) electrons. The molecule has 19 heavy (non-hydrogen) atoms. The Balaban J connectivity index is 2.25. The zero-order chi connectivity index (χ0) is 13.7. The van der Waals surface area contributed by atoms with Crippen LogP contribution in [0.15, 0.2) is 29.2 Å². The number of benzene rings is 1. The fourth-order valence-electron chi connectivity index (χ4n) is 1.88. The molecular formula is C14H18N2O2S. The summed E-state index contributed by atoms with van der Waals surface area (Å²) in [4.78, 5) is 0.340. The summed E-state index contributed by atoms with van der Waals surface area (Å²) in [5, 5.41) is 3.15. The van der Waals surface area contributed by atoms with Crippen molar-refractivity contribution in [3.05, 3.63) is 29.8 Å². The molecule has 0 amide bonds. The summed E-state index contributed by atoms with van der Waals surface area (Å²) in [5.74, 6) is 5.82. The Bertz CT molecular complexity index is 582. The third kappa shape index (κ3) is 3.57.